The van der Waals surface area contributed by atoms with E-state index in [1.807, 2.05) is 4.90 Å². The maximum Gasteiger partial charge on any atom is 0.433 e. The molecule has 2 atom stereocenters. The predicted molar refractivity (Wildman–Crippen MR) is 125 cm³/mol. The number of nitrogens with zero attached hydrogens (tertiary/aromatic N) is 4. The van der Waals surface area contributed by atoms with Gasteiger partial charge in [-0.3, -0.25) is 14.9 Å². The van der Waals surface area contributed by atoms with Gasteiger partial charge in [0.2, 0.25) is 0 Å². The van der Waals surface area contributed by atoms with Crippen LogP contribution in [0.4, 0.5) is 26.3 Å². The highest BCUT2D eigenvalue weighted by atomic mass is 19.4. The summed E-state index contributed by atoms with van der Waals surface area (Å²) in [6, 6.07) is 8.31. The molecule has 4 aromatic rings. The van der Waals surface area contributed by atoms with Crippen molar-refractivity contribution in [3.05, 3.63) is 77.2 Å². The maximum atomic E-state index is 13.7. The first kappa shape index (κ1) is 25.6. The van der Waals surface area contributed by atoms with Crippen molar-refractivity contribution >= 4 is 16.9 Å². The fourth-order valence-electron chi connectivity index (χ4n) is 4.77. The first-order valence-electron chi connectivity index (χ1n) is 11.4. The van der Waals surface area contributed by atoms with Gasteiger partial charge in [-0.2, -0.15) is 31.4 Å². The summed E-state index contributed by atoms with van der Waals surface area (Å²) in [5, 5.41) is 9.82. The first-order valence-corrected chi connectivity index (χ1v) is 11.4. The molecule has 5 rings (SSSR count). The van der Waals surface area contributed by atoms with E-state index in [1.165, 1.54) is 36.5 Å². The quantitative estimate of drug-likeness (QED) is 0.365. The predicted octanol–water partition coefficient (Wildman–Crippen LogP) is 4.89. The van der Waals surface area contributed by atoms with Crippen LogP contribution in [0.1, 0.15) is 33.1 Å². The topological polar surface area (TPSA) is 86.8 Å². The molecule has 2 N–H and O–H groups in total. The van der Waals surface area contributed by atoms with Crippen LogP contribution in [0.5, 0.6) is 0 Å². The van der Waals surface area contributed by atoms with Crippen LogP contribution in [0.25, 0.3) is 22.3 Å². The summed E-state index contributed by atoms with van der Waals surface area (Å²) in [5.41, 5.74) is -1.14. The van der Waals surface area contributed by atoms with Gasteiger partial charge in [0, 0.05) is 48.4 Å². The zero-order chi connectivity index (χ0) is 27.2. The number of alkyl halides is 6. The van der Waals surface area contributed by atoms with Crippen molar-refractivity contribution in [3.63, 3.8) is 0 Å². The fourth-order valence-corrected chi connectivity index (χ4v) is 4.77. The molecule has 0 saturated carbocycles. The van der Waals surface area contributed by atoms with Gasteiger partial charge in [-0.05, 0) is 36.9 Å². The monoisotopic (exact) mass is 534 g/mol. The van der Waals surface area contributed by atoms with E-state index in [-0.39, 0.29) is 28.0 Å². The Balaban J connectivity index is 1.44. The Morgan fingerprint density at radius 3 is 2.53 bits per heavy atom. The fraction of sp³-hybridized carbons (Fsp3) is 0.280. The highest BCUT2D eigenvalue weighted by Gasteiger charge is 2.40. The number of pyridine rings is 2. The van der Waals surface area contributed by atoms with E-state index in [0.29, 0.717) is 18.5 Å². The number of benzene rings is 1. The van der Waals surface area contributed by atoms with Crippen LogP contribution in [-0.4, -0.2) is 57.2 Å². The third-order valence-electron chi connectivity index (χ3n) is 6.49. The summed E-state index contributed by atoms with van der Waals surface area (Å²) >= 11 is 0. The Kier molecular flexibility index (Phi) is 6.33. The van der Waals surface area contributed by atoms with Crippen LogP contribution in [-0.2, 0) is 12.4 Å². The molecular weight excluding hydrogens is 514 g/mol. The van der Waals surface area contributed by atoms with Gasteiger partial charge in [-0.1, -0.05) is 18.2 Å². The Hall–Kier alpha value is -4.00. The molecule has 0 bridgehead atoms. The molecule has 0 spiro atoms. The minimum atomic E-state index is -4.65. The average Bonchev–Trinajstić information content (AvgIpc) is 3.45. The Morgan fingerprint density at radius 1 is 1.03 bits per heavy atom. The third-order valence-corrected chi connectivity index (χ3v) is 6.49. The number of hydrogen-bond acceptors (Lipinski definition) is 5. The second-order valence-electron chi connectivity index (χ2n) is 9.11. The standard InChI is InChI=1S/C25H20F6N6O/c1-37-11-17(15-4-2-3-5-18(15)24(26,27)28)19(12-37)34-23(38)14-8-16-21(35-36-22(16)33-10-14)13-6-7-32-20(9-13)25(29,30)31/h2-10,17,19H,11-12H2,1H3,(H,34,38)(H,33,35,36). The van der Waals surface area contributed by atoms with Crippen LogP contribution >= 0.6 is 0 Å². The van der Waals surface area contributed by atoms with Gasteiger partial charge in [-0.15, -0.1) is 0 Å². The molecule has 1 aromatic carbocycles. The second kappa shape index (κ2) is 9.39. The van der Waals surface area contributed by atoms with Crippen molar-refractivity contribution in [2.45, 2.75) is 24.3 Å². The van der Waals surface area contributed by atoms with Gasteiger partial charge in [0.25, 0.3) is 5.91 Å². The van der Waals surface area contributed by atoms with E-state index < -0.39 is 41.5 Å². The molecule has 1 aliphatic rings. The van der Waals surface area contributed by atoms with Crippen LogP contribution in [0.15, 0.2) is 54.9 Å². The smallest absolute Gasteiger partial charge is 0.347 e. The van der Waals surface area contributed by atoms with Crippen molar-refractivity contribution in [2.75, 3.05) is 20.1 Å². The van der Waals surface area contributed by atoms with Gasteiger partial charge in [0.05, 0.1) is 11.1 Å². The number of aromatic amines is 1. The number of likely N-dealkylation sites (N-methyl/N-ethyl adjacent to an activating group) is 1. The molecule has 1 aliphatic heterocycles. The summed E-state index contributed by atoms with van der Waals surface area (Å²) in [6.45, 7) is 0.636. The Morgan fingerprint density at radius 2 is 1.79 bits per heavy atom. The van der Waals surface area contributed by atoms with E-state index in [4.69, 9.17) is 0 Å². The molecule has 3 aromatic heterocycles. The van der Waals surface area contributed by atoms with Crippen LogP contribution in [0, 0.1) is 0 Å². The molecule has 38 heavy (non-hydrogen) atoms. The normalized spacial score (nSPS) is 18.7. The first-order chi connectivity index (χ1) is 17.9. The Bertz CT molecular complexity index is 1500. The number of hydrogen-bond donors (Lipinski definition) is 2. The summed E-state index contributed by atoms with van der Waals surface area (Å²) in [4.78, 5) is 22.5. The average molecular weight is 534 g/mol. The van der Waals surface area contributed by atoms with E-state index in [1.54, 1.807) is 7.05 Å². The number of amides is 1. The number of halogens is 6. The summed E-state index contributed by atoms with van der Waals surface area (Å²) in [7, 11) is 1.75. The number of H-pyrrole nitrogens is 1. The summed E-state index contributed by atoms with van der Waals surface area (Å²) < 4.78 is 80.4. The van der Waals surface area contributed by atoms with Gasteiger partial charge >= 0.3 is 12.4 Å². The molecule has 1 saturated heterocycles. The molecular formula is C25H20F6N6O. The van der Waals surface area contributed by atoms with Crippen molar-refractivity contribution in [1.29, 1.82) is 0 Å². The SMILES string of the molecule is CN1CC(NC(=O)c2cnc3[nH]nc(-c4ccnc(C(F)(F)F)c4)c3c2)C(c2ccccc2C(F)(F)F)C1. The minimum absolute atomic E-state index is 0.0858. The van der Waals surface area contributed by atoms with Gasteiger partial charge in [0.1, 0.15) is 11.4 Å². The van der Waals surface area contributed by atoms with Crippen molar-refractivity contribution in [1.82, 2.24) is 30.4 Å². The van der Waals surface area contributed by atoms with E-state index in [2.05, 4.69) is 25.5 Å². The zero-order valence-corrected chi connectivity index (χ0v) is 19.7. The largest absolute Gasteiger partial charge is 0.433 e. The summed E-state index contributed by atoms with van der Waals surface area (Å²) in [6.07, 6.45) is -6.91. The zero-order valence-electron chi connectivity index (χ0n) is 19.7. The lowest BCUT2D eigenvalue weighted by Gasteiger charge is -2.23. The van der Waals surface area contributed by atoms with Crippen molar-refractivity contribution in [3.8, 4) is 11.3 Å². The number of nitrogens with one attached hydrogen (secondary N) is 2. The number of rotatable bonds is 4. The maximum absolute atomic E-state index is 13.7. The van der Waals surface area contributed by atoms with Crippen LogP contribution in [0.3, 0.4) is 0 Å². The molecule has 1 amide bonds. The van der Waals surface area contributed by atoms with Gasteiger partial charge in [0.15, 0.2) is 5.65 Å². The van der Waals surface area contributed by atoms with E-state index >= 15 is 0 Å². The highest BCUT2D eigenvalue weighted by molar-refractivity contribution is 6.00. The lowest BCUT2D eigenvalue weighted by Crippen LogP contribution is -2.40. The number of fused-ring (bicyclic) bond motifs is 1. The third kappa shape index (κ3) is 4.93. The second-order valence-corrected chi connectivity index (χ2v) is 9.11. The molecule has 1 fully saturated rings. The molecule has 0 aliphatic carbocycles. The molecule has 198 valence electrons. The van der Waals surface area contributed by atoms with Gasteiger partial charge in [-0.25, -0.2) is 4.98 Å². The molecule has 7 nitrogen and oxygen atoms in total. The van der Waals surface area contributed by atoms with Crippen LogP contribution in [0.2, 0.25) is 0 Å². The lowest BCUT2D eigenvalue weighted by molar-refractivity contribution is -0.141. The van der Waals surface area contributed by atoms with Crippen molar-refractivity contribution in [2.24, 2.45) is 0 Å². The van der Waals surface area contributed by atoms with Gasteiger partial charge < -0.3 is 10.2 Å². The van der Waals surface area contributed by atoms with E-state index in [0.717, 1.165) is 18.3 Å². The molecule has 4 heterocycles. The van der Waals surface area contributed by atoms with E-state index in [9.17, 15) is 31.1 Å². The lowest BCUT2D eigenvalue weighted by atomic mass is 9.90. The molecule has 13 heteroatoms. The number of aromatic nitrogens is 4. The Labute approximate surface area is 211 Å². The van der Waals surface area contributed by atoms with Crippen LogP contribution < -0.4 is 5.32 Å². The number of likely N-dealkylation sites (tertiary alicyclic amines) is 1. The number of carbonyl (C=O) groups excluding carboxylic acids is 1. The summed E-state index contributed by atoms with van der Waals surface area (Å²) in [5.74, 6) is -1.19. The molecule has 0 radical (unpaired) electrons. The molecule has 2 unspecified atom stereocenters. The number of carbonyl (C=O) groups is 1. The minimum Gasteiger partial charge on any atom is -0.347 e. The highest BCUT2D eigenvalue weighted by Crippen LogP contribution is 2.38. The van der Waals surface area contributed by atoms with Crippen molar-refractivity contribution < 1.29 is 31.1 Å².